The van der Waals surface area contributed by atoms with Crippen molar-refractivity contribution in [1.82, 2.24) is 9.97 Å². The number of halogens is 2. The summed E-state index contributed by atoms with van der Waals surface area (Å²) in [5.74, 6) is 0.563. The number of nitrogens with zero attached hydrogens (tertiary/aromatic N) is 3. The minimum absolute atomic E-state index is 0.00156. The molecule has 2 bridgehead atoms. The van der Waals surface area contributed by atoms with Crippen LogP contribution in [0.15, 0.2) is 6.07 Å². The van der Waals surface area contributed by atoms with E-state index >= 15 is 0 Å². The SMILES string of the molecule is CS(=O)(=O)OCC12CCC(COC1)N2c1cc(Cl)nc(Cl)n1. The molecule has 0 radical (unpaired) electrons. The number of fused-ring (bicyclic) bond motifs is 2. The van der Waals surface area contributed by atoms with E-state index in [-0.39, 0.29) is 23.1 Å². The minimum Gasteiger partial charge on any atom is -0.377 e. The molecule has 2 unspecified atom stereocenters. The largest absolute Gasteiger partial charge is 0.377 e. The van der Waals surface area contributed by atoms with Crippen LogP contribution >= 0.6 is 23.2 Å². The fourth-order valence-corrected chi connectivity index (χ4v) is 3.92. The first-order chi connectivity index (χ1) is 10.3. The highest BCUT2D eigenvalue weighted by molar-refractivity contribution is 7.85. The molecule has 0 N–H and O–H groups in total. The van der Waals surface area contributed by atoms with Gasteiger partial charge < -0.3 is 9.64 Å². The Balaban J connectivity index is 1.96. The Morgan fingerprint density at radius 2 is 2.27 bits per heavy atom. The van der Waals surface area contributed by atoms with Crippen LogP contribution in [0.4, 0.5) is 5.82 Å². The molecule has 0 amide bonds. The maximum Gasteiger partial charge on any atom is 0.264 e. The highest BCUT2D eigenvalue weighted by Gasteiger charge is 2.51. The monoisotopic (exact) mass is 367 g/mol. The number of hydrogen-bond acceptors (Lipinski definition) is 7. The van der Waals surface area contributed by atoms with Gasteiger partial charge in [-0.3, -0.25) is 4.18 Å². The van der Waals surface area contributed by atoms with Crippen LogP contribution in [0.25, 0.3) is 0 Å². The van der Waals surface area contributed by atoms with E-state index < -0.39 is 15.7 Å². The zero-order valence-corrected chi connectivity index (χ0v) is 14.2. The van der Waals surface area contributed by atoms with E-state index in [2.05, 4.69) is 9.97 Å². The Morgan fingerprint density at radius 3 is 2.95 bits per heavy atom. The van der Waals surface area contributed by atoms with Crippen molar-refractivity contribution in [2.24, 2.45) is 0 Å². The van der Waals surface area contributed by atoms with E-state index in [4.69, 9.17) is 32.1 Å². The summed E-state index contributed by atoms with van der Waals surface area (Å²) < 4.78 is 33.3. The lowest BCUT2D eigenvalue weighted by Crippen LogP contribution is -2.59. The maximum atomic E-state index is 11.3. The Kier molecular flexibility index (Phi) is 4.24. The second-order valence-electron chi connectivity index (χ2n) is 5.59. The molecule has 3 heterocycles. The van der Waals surface area contributed by atoms with Crippen molar-refractivity contribution in [3.63, 3.8) is 0 Å². The van der Waals surface area contributed by atoms with Crippen molar-refractivity contribution < 1.29 is 17.3 Å². The summed E-state index contributed by atoms with van der Waals surface area (Å²) in [6.07, 6.45) is 2.63. The highest BCUT2D eigenvalue weighted by Crippen LogP contribution is 2.42. The molecule has 0 saturated carbocycles. The highest BCUT2D eigenvalue weighted by atomic mass is 35.5. The van der Waals surface area contributed by atoms with Gasteiger partial charge in [-0.1, -0.05) is 11.6 Å². The fraction of sp³-hybridized carbons (Fsp3) is 0.667. The summed E-state index contributed by atoms with van der Waals surface area (Å²) in [7, 11) is -3.54. The zero-order valence-electron chi connectivity index (χ0n) is 11.8. The fourth-order valence-electron chi connectivity index (χ4n) is 3.09. The standard InChI is InChI=1S/C12H15Cl2N3O4S/c1-22(18,19)21-7-12-3-2-8(5-20-6-12)17(12)10-4-9(13)15-11(14)16-10/h4,8H,2-3,5-7H2,1H3. The van der Waals surface area contributed by atoms with Crippen LogP contribution in [0, 0.1) is 0 Å². The third-order valence-electron chi connectivity index (χ3n) is 3.94. The van der Waals surface area contributed by atoms with E-state index in [9.17, 15) is 8.42 Å². The van der Waals surface area contributed by atoms with Crippen molar-refractivity contribution in [2.45, 2.75) is 24.4 Å². The van der Waals surface area contributed by atoms with Gasteiger partial charge in [-0.25, -0.2) is 9.97 Å². The number of morpholine rings is 1. The quantitative estimate of drug-likeness (QED) is 0.453. The van der Waals surface area contributed by atoms with E-state index in [1.807, 2.05) is 4.90 Å². The number of hydrogen-bond donors (Lipinski definition) is 0. The topological polar surface area (TPSA) is 81.6 Å². The molecule has 10 heteroatoms. The van der Waals surface area contributed by atoms with Gasteiger partial charge in [0.15, 0.2) is 0 Å². The average molecular weight is 368 g/mol. The van der Waals surface area contributed by atoms with Gasteiger partial charge >= 0.3 is 0 Å². The third-order valence-corrected chi connectivity index (χ3v) is 4.85. The first kappa shape index (κ1) is 16.2. The average Bonchev–Trinajstić information content (AvgIpc) is 2.62. The van der Waals surface area contributed by atoms with Crippen LogP contribution in [-0.2, 0) is 19.0 Å². The Bertz CT molecular complexity index is 663. The van der Waals surface area contributed by atoms with Crippen molar-refractivity contribution in [3.8, 4) is 0 Å². The van der Waals surface area contributed by atoms with Crippen LogP contribution in [0.2, 0.25) is 10.4 Å². The van der Waals surface area contributed by atoms with E-state index in [0.717, 1.165) is 19.1 Å². The van der Waals surface area contributed by atoms with E-state index in [1.165, 1.54) is 0 Å². The maximum absolute atomic E-state index is 11.3. The smallest absolute Gasteiger partial charge is 0.264 e. The molecule has 22 heavy (non-hydrogen) atoms. The molecular formula is C12H15Cl2N3O4S. The Morgan fingerprint density at radius 1 is 1.50 bits per heavy atom. The molecule has 2 aliphatic rings. The summed E-state index contributed by atoms with van der Waals surface area (Å²) in [6, 6.07) is 1.70. The van der Waals surface area contributed by atoms with Crippen molar-refractivity contribution in [1.29, 1.82) is 0 Å². The van der Waals surface area contributed by atoms with E-state index in [1.54, 1.807) is 6.07 Å². The molecule has 2 fully saturated rings. The van der Waals surface area contributed by atoms with Gasteiger partial charge in [0.25, 0.3) is 10.1 Å². The normalized spacial score (nSPS) is 28.1. The first-order valence-electron chi connectivity index (χ1n) is 6.71. The molecule has 0 aliphatic carbocycles. The number of anilines is 1. The Hall–Kier alpha value is -0.670. The molecule has 2 atom stereocenters. The minimum atomic E-state index is -3.54. The molecular weight excluding hydrogens is 353 g/mol. The molecule has 2 saturated heterocycles. The van der Waals surface area contributed by atoms with Gasteiger partial charge in [-0.15, -0.1) is 0 Å². The predicted octanol–water partition coefficient (Wildman–Crippen LogP) is 1.50. The first-order valence-corrected chi connectivity index (χ1v) is 9.28. The molecule has 7 nitrogen and oxygen atoms in total. The van der Waals surface area contributed by atoms with Crippen molar-refractivity contribution in [3.05, 3.63) is 16.5 Å². The number of aromatic nitrogens is 2. The summed E-state index contributed by atoms with van der Waals surface area (Å²) in [6.45, 7) is 0.902. The zero-order chi connectivity index (χ0) is 16.0. The predicted molar refractivity (Wildman–Crippen MR) is 81.9 cm³/mol. The lowest BCUT2D eigenvalue weighted by atomic mass is 9.98. The number of ether oxygens (including phenoxy) is 1. The van der Waals surface area contributed by atoms with Gasteiger partial charge in [0.2, 0.25) is 5.28 Å². The van der Waals surface area contributed by atoms with Gasteiger partial charge in [-0.2, -0.15) is 8.42 Å². The lowest BCUT2D eigenvalue weighted by molar-refractivity contribution is 0.0332. The molecule has 0 aromatic carbocycles. The number of rotatable bonds is 4. The van der Waals surface area contributed by atoms with Crippen molar-refractivity contribution in [2.75, 3.05) is 31.0 Å². The van der Waals surface area contributed by atoms with Gasteiger partial charge in [-0.05, 0) is 24.4 Å². The molecule has 0 spiro atoms. The molecule has 1 aromatic heterocycles. The third kappa shape index (κ3) is 3.16. The summed E-state index contributed by atoms with van der Waals surface area (Å²) in [5.41, 5.74) is -0.590. The molecule has 3 rings (SSSR count). The van der Waals surface area contributed by atoms with Crippen LogP contribution in [-0.4, -0.2) is 56.0 Å². The van der Waals surface area contributed by atoms with Gasteiger partial charge in [0, 0.05) is 6.07 Å². The summed E-state index contributed by atoms with van der Waals surface area (Å²) in [5, 5.41) is 0.285. The second kappa shape index (κ2) is 5.76. The Labute approximate surface area is 138 Å². The van der Waals surface area contributed by atoms with Gasteiger partial charge in [0.05, 0.1) is 37.7 Å². The van der Waals surface area contributed by atoms with Crippen LogP contribution in [0.3, 0.4) is 0 Å². The second-order valence-corrected chi connectivity index (χ2v) is 7.96. The van der Waals surface area contributed by atoms with Crippen LogP contribution < -0.4 is 4.90 Å². The summed E-state index contributed by atoms with van der Waals surface area (Å²) >= 11 is 11.8. The summed E-state index contributed by atoms with van der Waals surface area (Å²) in [4.78, 5) is 10.1. The molecule has 122 valence electrons. The van der Waals surface area contributed by atoms with Gasteiger partial charge in [0.1, 0.15) is 11.0 Å². The lowest BCUT2D eigenvalue weighted by Gasteiger charge is -2.44. The van der Waals surface area contributed by atoms with Crippen LogP contribution in [0.5, 0.6) is 0 Å². The van der Waals surface area contributed by atoms with Crippen molar-refractivity contribution >= 4 is 39.1 Å². The molecule has 1 aromatic rings. The van der Waals surface area contributed by atoms with Crippen LogP contribution in [0.1, 0.15) is 12.8 Å². The molecule has 2 aliphatic heterocycles. The van der Waals surface area contributed by atoms with E-state index in [0.29, 0.717) is 19.0 Å².